The summed E-state index contributed by atoms with van der Waals surface area (Å²) in [6.45, 7) is 7.34. The molecule has 0 radical (unpaired) electrons. The van der Waals surface area contributed by atoms with E-state index in [1.54, 1.807) is 6.07 Å². The number of ether oxygens (including phenoxy) is 1. The molecule has 0 bridgehead atoms. The van der Waals surface area contributed by atoms with Gasteiger partial charge < -0.3 is 15.4 Å². The first kappa shape index (κ1) is 21.0. The van der Waals surface area contributed by atoms with Crippen molar-refractivity contribution in [3.63, 3.8) is 0 Å². The Morgan fingerprint density at radius 1 is 1.19 bits per heavy atom. The summed E-state index contributed by atoms with van der Waals surface area (Å²) in [6.07, 6.45) is 1.33. The summed E-state index contributed by atoms with van der Waals surface area (Å²) in [5, 5.41) is 6.07. The Morgan fingerprint density at radius 3 is 2.54 bits per heavy atom. The molecule has 8 heteroatoms. The van der Waals surface area contributed by atoms with Crippen molar-refractivity contribution in [2.24, 2.45) is 0 Å². The smallest absolute Gasteiger partial charge is 0.253 e. The fraction of sp³-hybridized carbons (Fsp3) is 0.556. The summed E-state index contributed by atoms with van der Waals surface area (Å²) in [5.74, 6) is -0.634. The van der Waals surface area contributed by atoms with Crippen LogP contribution in [0.1, 0.15) is 30.6 Å². The van der Waals surface area contributed by atoms with Crippen LogP contribution in [0.2, 0.25) is 10.0 Å². The summed E-state index contributed by atoms with van der Waals surface area (Å²) in [6, 6.07) is 4.60. The molecule has 1 fully saturated rings. The van der Waals surface area contributed by atoms with Crippen LogP contribution in [0.25, 0.3) is 0 Å². The second-order valence-electron chi connectivity index (χ2n) is 6.53. The van der Waals surface area contributed by atoms with Gasteiger partial charge in [-0.25, -0.2) is 0 Å². The molecule has 0 saturated carbocycles. The number of nitrogens with one attached hydrogen (secondary N) is 2. The van der Waals surface area contributed by atoms with Crippen molar-refractivity contribution in [1.29, 1.82) is 0 Å². The number of carbonyl (C=O) groups is 2. The Kier molecular flexibility index (Phi) is 8.15. The molecule has 0 aromatic heterocycles. The number of hydrogen-bond donors (Lipinski definition) is 2. The van der Waals surface area contributed by atoms with E-state index in [1.807, 2.05) is 0 Å². The van der Waals surface area contributed by atoms with Crippen molar-refractivity contribution in [3.05, 3.63) is 33.8 Å². The van der Waals surface area contributed by atoms with Gasteiger partial charge in [-0.15, -0.1) is 0 Å². The molecule has 1 aromatic carbocycles. The average molecular weight is 402 g/mol. The van der Waals surface area contributed by atoms with Gasteiger partial charge in [0.1, 0.15) is 0 Å². The number of amides is 2. The van der Waals surface area contributed by atoms with E-state index in [9.17, 15) is 9.59 Å². The SMILES string of the molecule is CC1CN(CCCNC(=O)CNC(=O)c2ccc(Cl)cc2Cl)CC(C)O1. The van der Waals surface area contributed by atoms with Crippen LogP contribution in [-0.2, 0) is 9.53 Å². The third-order valence-electron chi connectivity index (χ3n) is 4.05. The lowest BCUT2D eigenvalue weighted by Crippen LogP contribution is -2.46. The Hall–Kier alpha value is -1.34. The monoisotopic (exact) mass is 401 g/mol. The van der Waals surface area contributed by atoms with Crippen molar-refractivity contribution in [1.82, 2.24) is 15.5 Å². The van der Waals surface area contributed by atoms with Crippen LogP contribution in [0.3, 0.4) is 0 Å². The van der Waals surface area contributed by atoms with Crippen molar-refractivity contribution in [2.75, 3.05) is 32.7 Å². The summed E-state index contributed by atoms with van der Waals surface area (Å²) < 4.78 is 5.70. The molecule has 1 aromatic rings. The minimum absolute atomic E-state index is 0.0938. The quantitative estimate of drug-likeness (QED) is 0.687. The van der Waals surface area contributed by atoms with E-state index in [4.69, 9.17) is 27.9 Å². The van der Waals surface area contributed by atoms with Crippen molar-refractivity contribution < 1.29 is 14.3 Å². The van der Waals surface area contributed by atoms with Crippen molar-refractivity contribution >= 4 is 35.0 Å². The van der Waals surface area contributed by atoms with E-state index in [-0.39, 0.29) is 29.7 Å². The molecular formula is C18H25Cl2N3O3. The van der Waals surface area contributed by atoms with Crippen LogP contribution < -0.4 is 10.6 Å². The lowest BCUT2D eigenvalue weighted by Gasteiger charge is -2.35. The molecule has 26 heavy (non-hydrogen) atoms. The molecule has 144 valence electrons. The number of halogens is 2. The summed E-state index contributed by atoms with van der Waals surface area (Å²) in [5.41, 5.74) is 0.291. The van der Waals surface area contributed by atoms with E-state index in [0.717, 1.165) is 26.1 Å². The van der Waals surface area contributed by atoms with E-state index in [0.29, 0.717) is 17.1 Å². The van der Waals surface area contributed by atoms with Crippen LogP contribution in [0.4, 0.5) is 0 Å². The highest BCUT2D eigenvalue weighted by molar-refractivity contribution is 6.36. The van der Waals surface area contributed by atoms with Crippen LogP contribution in [0.15, 0.2) is 18.2 Å². The van der Waals surface area contributed by atoms with Crippen molar-refractivity contribution in [2.45, 2.75) is 32.5 Å². The maximum absolute atomic E-state index is 12.0. The third-order valence-corrected chi connectivity index (χ3v) is 4.60. The zero-order valence-electron chi connectivity index (χ0n) is 15.1. The molecule has 1 aliphatic heterocycles. The first-order valence-electron chi connectivity index (χ1n) is 8.73. The maximum Gasteiger partial charge on any atom is 0.253 e. The van der Waals surface area contributed by atoms with Gasteiger partial charge in [0.05, 0.1) is 29.3 Å². The molecule has 0 spiro atoms. The largest absolute Gasteiger partial charge is 0.373 e. The van der Waals surface area contributed by atoms with Gasteiger partial charge in [-0.05, 0) is 38.5 Å². The van der Waals surface area contributed by atoms with Gasteiger partial charge in [-0.3, -0.25) is 14.5 Å². The lowest BCUT2D eigenvalue weighted by atomic mass is 10.2. The second-order valence-corrected chi connectivity index (χ2v) is 7.37. The Morgan fingerprint density at radius 2 is 1.88 bits per heavy atom. The van der Waals surface area contributed by atoms with Gasteiger partial charge in [-0.1, -0.05) is 23.2 Å². The molecule has 1 aliphatic rings. The first-order valence-corrected chi connectivity index (χ1v) is 9.48. The number of nitrogens with zero attached hydrogens (tertiary/aromatic N) is 1. The van der Waals surface area contributed by atoms with E-state index in [1.165, 1.54) is 12.1 Å². The minimum atomic E-state index is -0.405. The number of carbonyl (C=O) groups excluding carboxylic acids is 2. The molecule has 1 saturated heterocycles. The van der Waals surface area contributed by atoms with Gasteiger partial charge in [0.15, 0.2) is 0 Å². The number of rotatable bonds is 7. The summed E-state index contributed by atoms with van der Waals surface area (Å²) in [7, 11) is 0. The van der Waals surface area contributed by atoms with Crippen LogP contribution in [-0.4, -0.2) is 61.6 Å². The van der Waals surface area contributed by atoms with Crippen molar-refractivity contribution in [3.8, 4) is 0 Å². The molecule has 1 heterocycles. The van der Waals surface area contributed by atoms with Crippen LogP contribution in [0, 0.1) is 0 Å². The third kappa shape index (κ3) is 6.76. The van der Waals surface area contributed by atoms with Gasteiger partial charge in [-0.2, -0.15) is 0 Å². The van der Waals surface area contributed by atoms with E-state index in [2.05, 4.69) is 29.4 Å². The van der Waals surface area contributed by atoms with Gasteiger partial charge >= 0.3 is 0 Å². The fourth-order valence-electron chi connectivity index (χ4n) is 2.99. The van der Waals surface area contributed by atoms with E-state index < -0.39 is 5.91 Å². The average Bonchev–Trinajstić information content (AvgIpc) is 2.56. The lowest BCUT2D eigenvalue weighted by molar-refractivity contribution is -0.120. The van der Waals surface area contributed by atoms with Gasteiger partial charge in [0, 0.05) is 31.2 Å². The normalized spacial score (nSPS) is 20.6. The fourth-order valence-corrected chi connectivity index (χ4v) is 3.48. The minimum Gasteiger partial charge on any atom is -0.373 e. The Bertz CT molecular complexity index is 632. The van der Waals surface area contributed by atoms with Crippen LogP contribution in [0.5, 0.6) is 0 Å². The standard InChI is InChI=1S/C18H25Cl2N3O3/c1-12-10-23(11-13(2)26-12)7-3-6-21-17(24)9-22-18(25)15-5-4-14(19)8-16(15)20/h4-5,8,12-13H,3,6-7,9-11H2,1-2H3,(H,21,24)(H,22,25). The predicted molar refractivity (Wildman–Crippen MR) is 103 cm³/mol. The van der Waals surface area contributed by atoms with Gasteiger partial charge in [0.2, 0.25) is 5.91 Å². The predicted octanol–water partition coefficient (Wildman–Crippen LogP) is 2.34. The molecular weight excluding hydrogens is 377 g/mol. The Balaban J connectivity index is 1.63. The molecule has 0 aliphatic carbocycles. The second kappa shape index (κ2) is 10.1. The zero-order chi connectivity index (χ0) is 19.1. The Labute approximate surface area is 164 Å². The zero-order valence-corrected chi connectivity index (χ0v) is 16.6. The first-order chi connectivity index (χ1) is 12.3. The summed E-state index contributed by atoms with van der Waals surface area (Å²) >= 11 is 11.8. The summed E-state index contributed by atoms with van der Waals surface area (Å²) in [4.78, 5) is 26.2. The molecule has 2 unspecified atom stereocenters. The van der Waals surface area contributed by atoms with Gasteiger partial charge in [0.25, 0.3) is 5.91 Å². The topological polar surface area (TPSA) is 70.7 Å². The number of benzene rings is 1. The molecule has 2 N–H and O–H groups in total. The highest BCUT2D eigenvalue weighted by atomic mass is 35.5. The number of hydrogen-bond acceptors (Lipinski definition) is 4. The highest BCUT2D eigenvalue weighted by Crippen LogP contribution is 2.20. The highest BCUT2D eigenvalue weighted by Gasteiger charge is 2.21. The maximum atomic E-state index is 12.0. The van der Waals surface area contributed by atoms with E-state index >= 15 is 0 Å². The molecule has 2 amide bonds. The van der Waals surface area contributed by atoms with Crippen LogP contribution >= 0.6 is 23.2 Å². The molecule has 2 rings (SSSR count). The number of morpholine rings is 1. The molecule has 2 atom stereocenters. The molecule has 6 nitrogen and oxygen atoms in total.